The highest BCUT2D eigenvalue weighted by Crippen LogP contribution is 2.42. The third-order valence-corrected chi connectivity index (χ3v) is 9.67. The molecule has 2 heterocycles. The van der Waals surface area contributed by atoms with Crippen molar-refractivity contribution in [2.24, 2.45) is 0 Å². The summed E-state index contributed by atoms with van der Waals surface area (Å²) in [4.78, 5) is 10.4. The van der Waals surface area contributed by atoms with Crippen LogP contribution in [0.5, 0.6) is 0 Å². The molecule has 10 aromatic rings. The number of benzene rings is 8. The normalized spacial score (nSPS) is 11.7. The van der Waals surface area contributed by atoms with Gasteiger partial charge in [0, 0.05) is 32.7 Å². The maximum Gasteiger partial charge on any atom is 0.160 e. The van der Waals surface area contributed by atoms with Crippen molar-refractivity contribution in [1.29, 1.82) is 0 Å². The molecular formula is C46H28N2O. The van der Waals surface area contributed by atoms with Crippen molar-refractivity contribution in [2.45, 2.75) is 0 Å². The fourth-order valence-electron chi connectivity index (χ4n) is 7.20. The van der Waals surface area contributed by atoms with E-state index in [9.17, 15) is 0 Å². The van der Waals surface area contributed by atoms with Gasteiger partial charge in [0.15, 0.2) is 5.82 Å². The summed E-state index contributed by atoms with van der Waals surface area (Å²) >= 11 is 0. The molecule has 0 bridgehead atoms. The quantitative estimate of drug-likeness (QED) is 0.196. The SMILES string of the molecule is c1ccc(-c2ccc3oc4c5ccccc5c(-c5nc(-c6ccc(-c7ccc8ccccc8c7)cc6)nc6ccccc56)cc4c3c2)cc1. The summed E-state index contributed by atoms with van der Waals surface area (Å²) in [6.45, 7) is 0. The van der Waals surface area contributed by atoms with Crippen molar-refractivity contribution in [3.05, 3.63) is 170 Å². The van der Waals surface area contributed by atoms with Crippen LogP contribution in [0, 0.1) is 0 Å². The smallest absolute Gasteiger partial charge is 0.160 e. The van der Waals surface area contributed by atoms with Crippen molar-refractivity contribution >= 4 is 54.4 Å². The first-order valence-corrected chi connectivity index (χ1v) is 16.6. The molecule has 0 aliphatic heterocycles. The lowest BCUT2D eigenvalue weighted by Gasteiger charge is -2.13. The van der Waals surface area contributed by atoms with E-state index in [1.54, 1.807) is 0 Å². The molecule has 0 saturated heterocycles. The van der Waals surface area contributed by atoms with Gasteiger partial charge in [-0.3, -0.25) is 0 Å². The minimum Gasteiger partial charge on any atom is -0.455 e. The number of nitrogens with zero attached hydrogens (tertiary/aromatic N) is 2. The predicted molar refractivity (Wildman–Crippen MR) is 204 cm³/mol. The van der Waals surface area contributed by atoms with Gasteiger partial charge in [-0.25, -0.2) is 9.97 Å². The maximum atomic E-state index is 6.57. The zero-order valence-corrected chi connectivity index (χ0v) is 26.5. The second kappa shape index (κ2) is 11.0. The lowest BCUT2D eigenvalue weighted by Crippen LogP contribution is -1.96. The van der Waals surface area contributed by atoms with E-state index < -0.39 is 0 Å². The van der Waals surface area contributed by atoms with Crippen LogP contribution in [0.15, 0.2) is 174 Å². The molecule has 0 saturated carbocycles. The Balaban J connectivity index is 1.16. The third kappa shape index (κ3) is 4.59. The van der Waals surface area contributed by atoms with Gasteiger partial charge in [0.1, 0.15) is 11.2 Å². The average Bonchev–Trinajstić information content (AvgIpc) is 3.55. The van der Waals surface area contributed by atoms with E-state index in [0.717, 1.165) is 71.6 Å². The monoisotopic (exact) mass is 624 g/mol. The lowest BCUT2D eigenvalue weighted by molar-refractivity contribution is 0.673. The van der Waals surface area contributed by atoms with Crippen molar-refractivity contribution in [1.82, 2.24) is 9.97 Å². The van der Waals surface area contributed by atoms with Crippen molar-refractivity contribution in [3.63, 3.8) is 0 Å². The fourth-order valence-corrected chi connectivity index (χ4v) is 7.20. The first kappa shape index (κ1) is 27.5. The van der Waals surface area contributed by atoms with E-state index in [1.807, 2.05) is 12.1 Å². The summed E-state index contributed by atoms with van der Waals surface area (Å²) in [5, 5.41) is 7.82. The van der Waals surface area contributed by atoms with Crippen LogP contribution in [0.3, 0.4) is 0 Å². The molecule has 0 unspecified atom stereocenters. The number of fused-ring (bicyclic) bond motifs is 7. The molecule has 3 heteroatoms. The Morgan fingerprint density at radius 2 is 1.00 bits per heavy atom. The predicted octanol–water partition coefficient (Wildman–Crippen LogP) is 12.5. The van der Waals surface area contributed by atoms with Crippen LogP contribution < -0.4 is 0 Å². The molecule has 3 nitrogen and oxygen atoms in total. The second-order valence-electron chi connectivity index (χ2n) is 12.6. The number of rotatable bonds is 4. The van der Waals surface area contributed by atoms with Crippen LogP contribution in [-0.2, 0) is 0 Å². The van der Waals surface area contributed by atoms with Gasteiger partial charge in [0.25, 0.3) is 0 Å². The Morgan fingerprint density at radius 3 is 1.86 bits per heavy atom. The van der Waals surface area contributed by atoms with E-state index in [-0.39, 0.29) is 0 Å². The van der Waals surface area contributed by atoms with Gasteiger partial charge in [-0.05, 0) is 68.7 Å². The van der Waals surface area contributed by atoms with E-state index >= 15 is 0 Å². The lowest BCUT2D eigenvalue weighted by atomic mass is 9.95. The van der Waals surface area contributed by atoms with Gasteiger partial charge < -0.3 is 4.42 Å². The van der Waals surface area contributed by atoms with Gasteiger partial charge in [0.2, 0.25) is 0 Å². The van der Waals surface area contributed by atoms with E-state index in [2.05, 4.69) is 158 Å². The number of furan rings is 1. The maximum absolute atomic E-state index is 6.57. The highest BCUT2D eigenvalue weighted by atomic mass is 16.3. The highest BCUT2D eigenvalue weighted by Gasteiger charge is 2.19. The highest BCUT2D eigenvalue weighted by molar-refractivity contribution is 6.20. The molecule has 49 heavy (non-hydrogen) atoms. The Morgan fingerprint density at radius 1 is 0.367 bits per heavy atom. The van der Waals surface area contributed by atoms with E-state index in [4.69, 9.17) is 14.4 Å². The van der Waals surface area contributed by atoms with Crippen LogP contribution >= 0.6 is 0 Å². The molecule has 10 rings (SSSR count). The Hall–Kier alpha value is -6.58. The van der Waals surface area contributed by atoms with Gasteiger partial charge >= 0.3 is 0 Å². The van der Waals surface area contributed by atoms with E-state index in [0.29, 0.717) is 5.82 Å². The average molecular weight is 625 g/mol. The standard InChI is InChI=1S/C46H28N2O/c1-2-10-29(11-3-1)35-24-25-43-39(27-35)41-28-40(36-14-6-7-15-37(36)45(41)49-43)44-38-16-8-9-17-42(38)47-46(48-44)32-21-18-31(19-22-32)34-23-20-30-12-4-5-13-33(30)26-34/h1-28H. The largest absolute Gasteiger partial charge is 0.455 e. The third-order valence-electron chi connectivity index (χ3n) is 9.67. The molecule has 228 valence electrons. The number of para-hydroxylation sites is 1. The minimum absolute atomic E-state index is 0.700. The molecule has 2 aromatic heterocycles. The van der Waals surface area contributed by atoms with Crippen molar-refractivity contribution in [3.8, 4) is 44.9 Å². The van der Waals surface area contributed by atoms with Gasteiger partial charge in [-0.15, -0.1) is 0 Å². The van der Waals surface area contributed by atoms with Gasteiger partial charge in [-0.2, -0.15) is 0 Å². The summed E-state index contributed by atoms with van der Waals surface area (Å²) in [5.41, 5.74) is 10.3. The van der Waals surface area contributed by atoms with Crippen LogP contribution in [0.1, 0.15) is 0 Å². The molecular weight excluding hydrogens is 597 g/mol. The molecule has 0 spiro atoms. The number of hydrogen-bond acceptors (Lipinski definition) is 3. The molecule has 8 aromatic carbocycles. The summed E-state index contributed by atoms with van der Waals surface area (Å²) in [7, 11) is 0. The summed E-state index contributed by atoms with van der Waals surface area (Å²) in [6, 6.07) is 59.7. The van der Waals surface area contributed by atoms with Crippen molar-refractivity contribution in [2.75, 3.05) is 0 Å². The van der Waals surface area contributed by atoms with Crippen LogP contribution in [0.4, 0.5) is 0 Å². The first-order valence-electron chi connectivity index (χ1n) is 16.6. The van der Waals surface area contributed by atoms with E-state index in [1.165, 1.54) is 21.9 Å². The van der Waals surface area contributed by atoms with Crippen molar-refractivity contribution < 1.29 is 4.42 Å². The van der Waals surface area contributed by atoms with Gasteiger partial charge in [0.05, 0.1) is 11.2 Å². The molecule has 0 atom stereocenters. The second-order valence-corrected chi connectivity index (χ2v) is 12.6. The first-order chi connectivity index (χ1) is 24.3. The zero-order chi connectivity index (χ0) is 32.3. The summed E-state index contributed by atoms with van der Waals surface area (Å²) in [6.07, 6.45) is 0. The Kier molecular flexibility index (Phi) is 6.18. The molecule has 0 fully saturated rings. The van der Waals surface area contributed by atoms with Crippen LogP contribution in [0.2, 0.25) is 0 Å². The zero-order valence-electron chi connectivity index (χ0n) is 26.5. The van der Waals surface area contributed by atoms with Crippen LogP contribution in [0.25, 0.3) is 99.3 Å². The molecule has 0 N–H and O–H groups in total. The van der Waals surface area contributed by atoms with Gasteiger partial charge in [-0.1, -0.05) is 140 Å². The number of aromatic nitrogens is 2. The summed E-state index contributed by atoms with van der Waals surface area (Å²) < 4.78 is 6.57. The molecule has 0 radical (unpaired) electrons. The Labute approximate surface area is 282 Å². The molecule has 0 amide bonds. The Bertz CT molecular complexity index is 2870. The fraction of sp³-hybridized carbons (Fsp3) is 0. The van der Waals surface area contributed by atoms with Crippen LogP contribution in [-0.4, -0.2) is 9.97 Å². The summed E-state index contributed by atoms with van der Waals surface area (Å²) in [5.74, 6) is 0.700. The number of hydrogen-bond donors (Lipinski definition) is 0. The topological polar surface area (TPSA) is 38.9 Å². The molecule has 0 aliphatic carbocycles. The minimum atomic E-state index is 0.700. The molecule has 0 aliphatic rings.